The van der Waals surface area contributed by atoms with Gasteiger partial charge in [0.25, 0.3) is 0 Å². The predicted molar refractivity (Wildman–Crippen MR) is 80.0 cm³/mol. The highest BCUT2D eigenvalue weighted by Crippen LogP contribution is 2.31. The number of rotatable bonds is 3. The van der Waals surface area contributed by atoms with Crippen molar-refractivity contribution in [3.8, 4) is 0 Å². The van der Waals surface area contributed by atoms with Crippen LogP contribution in [0.1, 0.15) is 35.5 Å². The maximum atomic E-state index is 4.57. The van der Waals surface area contributed by atoms with E-state index in [4.69, 9.17) is 0 Å². The zero-order valence-corrected chi connectivity index (χ0v) is 12.9. The van der Waals surface area contributed by atoms with E-state index in [0.29, 0.717) is 6.04 Å². The first-order valence-electron chi connectivity index (χ1n) is 6.72. The van der Waals surface area contributed by atoms with Gasteiger partial charge in [0.15, 0.2) is 0 Å². The first-order chi connectivity index (χ1) is 9.20. The minimum Gasteiger partial charge on any atom is -0.305 e. The molecule has 0 amide bonds. The van der Waals surface area contributed by atoms with E-state index < -0.39 is 0 Å². The van der Waals surface area contributed by atoms with E-state index in [0.717, 1.165) is 25.1 Å². The lowest BCUT2D eigenvalue weighted by Gasteiger charge is -2.12. The summed E-state index contributed by atoms with van der Waals surface area (Å²) in [6, 6.07) is 9.06. The second-order valence-corrected chi connectivity index (χ2v) is 5.81. The quantitative estimate of drug-likeness (QED) is 0.942. The van der Waals surface area contributed by atoms with Crippen LogP contribution in [-0.2, 0) is 26.4 Å². The third-order valence-corrected chi connectivity index (χ3v) is 4.79. The molecule has 2 heterocycles. The normalized spacial score (nSPS) is 17.7. The highest BCUT2D eigenvalue weighted by Gasteiger charge is 2.24. The number of halogens is 1. The molecule has 1 N–H and O–H groups in total. The minimum absolute atomic E-state index is 0.396. The zero-order valence-electron chi connectivity index (χ0n) is 11.3. The van der Waals surface area contributed by atoms with E-state index in [2.05, 4.69) is 57.5 Å². The Labute approximate surface area is 122 Å². The van der Waals surface area contributed by atoms with Crippen LogP contribution in [0.5, 0.6) is 0 Å². The summed E-state index contributed by atoms with van der Waals surface area (Å²) < 4.78 is 3.18. The number of aryl methyl sites for hydroxylation is 2. The molecular formula is C15H18BrN3. The molecule has 1 aliphatic rings. The maximum Gasteiger partial charge on any atom is 0.0766 e. The van der Waals surface area contributed by atoms with Crippen molar-refractivity contribution < 1.29 is 0 Å². The summed E-state index contributed by atoms with van der Waals surface area (Å²) in [6.07, 6.45) is 1.93. The number of fused-ring (bicyclic) bond motifs is 1. The molecular weight excluding hydrogens is 302 g/mol. The van der Waals surface area contributed by atoms with E-state index in [1.165, 1.54) is 21.3 Å². The Balaban J connectivity index is 1.89. The van der Waals surface area contributed by atoms with Crippen LogP contribution in [0.2, 0.25) is 0 Å². The first kappa shape index (κ1) is 12.9. The number of hydrogen-bond donors (Lipinski definition) is 1. The van der Waals surface area contributed by atoms with Gasteiger partial charge in [-0.15, -0.1) is 0 Å². The van der Waals surface area contributed by atoms with Gasteiger partial charge in [-0.2, -0.15) is 5.10 Å². The van der Waals surface area contributed by atoms with Gasteiger partial charge in [-0.1, -0.05) is 31.2 Å². The average molecular weight is 320 g/mol. The van der Waals surface area contributed by atoms with Crippen molar-refractivity contribution in [2.24, 2.45) is 7.05 Å². The van der Waals surface area contributed by atoms with Crippen molar-refractivity contribution in [1.82, 2.24) is 15.1 Å². The molecule has 0 aliphatic carbocycles. The van der Waals surface area contributed by atoms with Crippen molar-refractivity contribution in [3.05, 3.63) is 51.3 Å². The third kappa shape index (κ3) is 2.23. The summed E-state index contributed by atoms with van der Waals surface area (Å²) in [4.78, 5) is 0. The highest BCUT2D eigenvalue weighted by atomic mass is 79.9. The van der Waals surface area contributed by atoms with Gasteiger partial charge in [-0.3, -0.25) is 4.68 Å². The standard InChI is InChI=1S/C15H18BrN3/c1-3-12-15(16)14(19(2)18-12)8-13-11-7-5-4-6-10(11)9-17-13/h4-7,13,17H,3,8-9H2,1-2H3. The summed E-state index contributed by atoms with van der Waals surface area (Å²) in [5.41, 5.74) is 5.25. The lowest BCUT2D eigenvalue weighted by Crippen LogP contribution is -2.16. The van der Waals surface area contributed by atoms with Crippen molar-refractivity contribution in [2.45, 2.75) is 32.4 Å². The number of nitrogens with zero attached hydrogens (tertiary/aromatic N) is 2. The molecule has 0 saturated heterocycles. The third-order valence-electron chi connectivity index (χ3n) is 3.87. The molecule has 1 aliphatic heterocycles. The van der Waals surface area contributed by atoms with Crippen molar-refractivity contribution >= 4 is 15.9 Å². The smallest absolute Gasteiger partial charge is 0.0766 e. The molecule has 1 aromatic carbocycles. The second-order valence-electron chi connectivity index (χ2n) is 5.02. The van der Waals surface area contributed by atoms with Gasteiger partial charge in [0.1, 0.15) is 0 Å². The molecule has 0 fully saturated rings. The van der Waals surface area contributed by atoms with E-state index in [1.807, 2.05) is 11.7 Å². The molecule has 0 spiro atoms. The summed E-state index contributed by atoms with van der Waals surface area (Å²) in [5.74, 6) is 0. The van der Waals surface area contributed by atoms with Crippen LogP contribution in [0.15, 0.2) is 28.7 Å². The predicted octanol–water partition coefficient (Wildman–Crippen LogP) is 3.13. The van der Waals surface area contributed by atoms with Crippen LogP contribution >= 0.6 is 15.9 Å². The van der Waals surface area contributed by atoms with Crippen molar-refractivity contribution in [2.75, 3.05) is 0 Å². The van der Waals surface area contributed by atoms with E-state index in [9.17, 15) is 0 Å². The van der Waals surface area contributed by atoms with Gasteiger partial charge in [0, 0.05) is 26.1 Å². The van der Waals surface area contributed by atoms with E-state index >= 15 is 0 Å². The van der Waals surface area contributed by atoms with Crippen LogP contribution in [0.4, 0.5) is 0 Å². The monoisotopic (exact) mass is 319 g/mol. The van der Waals surface area contributed by atoms with Crippen molar-refractivity contribution in [3.63, 3.8) is 0 Å². The zero-order chi connectivity index (χ0) is 13.4. The average Bonchev–Trinajstić information content (AvgIpc) is 2.95. The molecule has 4 heteroatoms. The molecule has 2 aromatic rings. The van der Waals surface area contributed by atoms with Gasteiger partial charge >= 0.3 is 0 Å². The Morgan fingerprint density at radius 2 is 2.21 bits per heavy atom. The van der Waals surface area contributed by atoms with Gasteiger partial charge in [-0.25, -0.2) is 0 Å². The largest absolute Gasteiger partial charge is 0.305 e. The van der Waals surface area contributed by atoms with Crippen LogP contribution in [0.3, 0.4) is 0 Å². The lowest BCUT2D eigenvalue weighted by atomic mass is 10.0. The SMILES string of the molecule is CCc1nn(C)c(CC2NCc3ccccc32)c1Br. The maximum absolute atomic E-state index is 4.57. The first-order valence-corrected chi connectivity index (χ1v) is 7.51. The molecule has 0 saturated carbocycles. The number of benzene rings is 1. The number of hydrogen-bond acceptors (Lipinski definition) is 2. The van der Waals surface area contributed by atoms with Gasteiger partial charge < -0.3 is 5.32 Å². The fourth-order valence-corrected chi connectivity index (χ4v) is 3.57. The van der Waals surface area contributed by atoms with Gasteiger partial charge in [0.2, 0.25) is 0 Å². The Kier molecular flexibility index (Phi) is 3.46. The van der Waals surface area contributed by atoms with E-state index in [1.54, 1.807) is 0 Å². The lowest BCUT2D eigenvalue weighted by molar-refractivity contribution is 0.553. The summed E-state index contributed by atoms with van der Waals surface area (Å²) >= 11 is 3.70. The summed E-state index contributed by atoms with van der Waals surface area (Å²) in [7, 11) is 2.03. The Hall–Kier alpha value is -1.13. The van der Waals surface area contributed by atoms with Crippen molar-refractivity contribution in [1.29, 1.82) is 0 Å². The fraction of sp³-hybridized carbons (Fsp3) is 0.400. The molecule has 1 atom stereocenters. The summed E-state index contributed by atoms with van der Waals surface area (Å²) in [6.45, 7) is 3.11. The Bertz CT molecular complexity index is 603. The molecule has 3 rings (SSSR count). The molecule has 3 nitrogen and oxygen atoms in total. The molecule has 1 aromatic heterocycles. The number of nitrogens with one attached hydrogen (secondary N) is 1. The highest BCUT2D eigenvalue weighted by molar-refractivity contribution is 9.10. The van der Waals surface area contributed by atoms with E-state index in [-0.39, 0.29) is 0 Å². The van der Waals surface area contributed by atoms with Gasteiger partial charge in [0.05, 0.1) is 15.9 Å². The molecule has 100 valence electrons. The molecule has 0 radical (unpaired) electrons. The van der Waals surface area contributed by atoms with Crippen LogP contribution < -0.4 is 5.32 Å². The van der Waals surface area contributed by atoms with Crippen LogP contribution in [0.25, 0.3) is 0 Å². The summed E-state index contributed by atoms with van der Waals surface area (Å²) in [5, 5.41) is 8.16. The fourth-order valence-electron chi connectivity index (χ4n) is 2.80. The van der Waals surface area contributed by atoms with Crippen LogP contribution in [0, 0.1) is 0 Å². The van der Waals surface area contributed by atoms with Gasteiger partial charge in [-0.05, 0) is 33.5 Å². The minimum atomic E-state index is 0.396. The molecule has 1 unspecified atom stereocenters. The topological polar surface area (TPSA) is 29.9 Å². The second kappa shape index (κ2) is 5.10. The molecule has 19 heavy (non-hydrogen) atoms. The Morgan fingerprint density at radius 3 is 2.95 bits per heavy atom. The van der Waals surface area contributed by atoms with Crippen LogP contribution in [-0.4, -0.2) is 9.78 Å². The Morgan fingerprint density at radius 1 is 1.42 bits per heavy atom. The molecule has 0 bridgehead atoms. The number of aromatic nitrogens is 2.